The second-order valence-electron chi connectivity index (χ2n) is 6.43. The Bertz CT molecular complexity index is 1260. The van der Waals surface area contributed by atoms with Crippen molar-refractivity contribution in [3.8, 4) is 5.69 Å². The van der Waals surface area contributed by atoms with Crippen LogP contribution >= 0.6 is 23.4 Å². The lowest BCUT2D eigenvalue weighted by Gasteiger charge is -2.07. The quantitative estimate of drug-likeness (QED) is 0.339. The van der Waals surface area contributed by atoms with Crippen molar-refractivity contribution in [2.75, 3.05) is 16.4 Å². The topological polar surface area (TPSA) is 115 Å². The Labute approximate surface area is 186 Å². The van der Waals surface area contributed by atoms with Gasteiger partial charge in [0.2, 0.25) is 11.8 Å². The van der Waals surface area contributed by atoms with Crippen LogP contribution in [0.2, 0.25) is 5.02 Å². The molecule has 2 aromatic carbocycles. The molecule has 0 unspecified atom stereocenters. The highest BCUT2D eigenvalue weighted by Crippen LogP contribution is 2.25. The average Bonchev–Trinajstić information content (AvgIpc) is 3.18. The Balaban J connectivity index is 1.44. The van der Waals surface area contributed by atoms with E-state index in [1.807, 2.05) is 12.1 Å². The number of fused-ring (bicyclic) bond motifs is 1. The van der Waals surface area contributed by atoms with Crippen LogP contribution < -0.4 is 10.6 Å². The molecular weight excluding hydrogens is 438 g/mol. The highest BCUT2D eigenvalue weighted by atomic mass is 35.5. The first-order valence-corrected chi connectivity index (χ1v) is 10.5. The van der Waals surface area contributed by atoms with Crippen LogP contribution in [0.4, 0.5) is 11.4 Å². The van der Waals surface area contributed by atoms with Crippen LogP contribution in [-0.4, -0.2) is 42.5 Å². The summed E-state index contributed by atoms with van der Waals surface area (Å²) in [6, 6.07) is 14.1. The summed E-state index contributed by atoms with van der Waals surface area (Å²) in [5.41, 5.74) is 3.03. The van der Waals surface area contributed by atoms with Gasteiger partial charge in [0.05, 0.1) is 11.4 Å². The largest absolute Gasteiger partial charge is 0.326 e. The molecule has 2 heterocycles. The lowest BCUT2D eigenvalue weighted by atomic mass is 10.3. The predicted molar refractivity (Wildman–Crippen MR) is 120 cm³/mol. The fourth-order valence-electron chi connectivity index (χ4n) is 2.79. The SMILES string of the molecule is CC(=O)Nc1ccc(NC(=O)CSc2ncnc3c2nnn3-c2cccc(Cl)c2)cc1. The fraction of sp³-hybridized carbons (Fsp3) is 0.100. The Kier molecular flexibility index (Phi) is 6.10. The van der Waals surface area contributed by atoms with Crippen LogP contribution in [-0.2, 0) is 9.59 Å². The third-order valence-electron chi connectivity index (χ3n) is 4.09. The number of aromatic nitrogens is 5. The maximum absolute atomic E-state index is 12.3. The number of hydrogen-bond acceptors (Lipinski definition) is 7. The summed E-state index contributed by atoms with van der Waals surface area (Å²) in [6.45, 7) is 1.44. The van der Waals surface area contributed by atoms with Crippen LogP contribution in [0.5, 0.6) is 0 Å². The number of carbonyl (C=O) groups is 2. The van der Waals surface area contributed by atoms with E-state index in [1.165, 1.54) is 25.0 Å². The third kappa shape index (κ3) is 4.98. The van der Waals surface area contributed by atoms with Gasteiger partial charge in [0.25, 0.3) is 0 Å². The number of carbonyl (C=O) groups excluding carboxylic acids is 2. The summed E-state index contributed by atoms with van der Waals surface area (Å²) in [6.07, 6.45) is 1.41. The molecule has 2 N–H and O–H groups in total. The molecule has 0 aliphatic heterocycles. The molecule has 0 saturated heterocycles. The maximum atomic E-state index is 12.3. The number of hydrogen-bond donors (Lipinski definition) is 2. The number of anilines is 2. The minimum absolute atomic E-state index is 0.129. The Morgan fingerprint density at radius 2 is 1.81 bits per heavy atom. The lowest BCUT2D eigenvalue weighted by Crippen LogP contribution is -2.14. The van der Waals surface area contributed by atoms with Crippen LogP contribution in [0.3, 0.4) is 0 Å². The maximum Gasteiger partial charge on any atom is 0.234 e. The molecule has 0 spiro atoms. The van der Waals surface area contributed by atoms with Gasteiger partial charge in [-0.05, 0) is 42.5 Å². The molecule has 4 aromatic rings. The molecule has 0 saturated carbocycles. The number of nitrogens with zero attached hydrogens (tertiary/aromatic N) is 5. The second kappa shape index (κ2) is 9.11. The molecule has 11 heteroatoms. The average molecular weight is 454 g/mol. The normalized spacial score (nSPS) is 10.8. The van der Waals surface area contributed by atoms with Crippen molar-refractivity contribution in [3.05, 3.63) is 59.9 Å². The molecule has 0 aliphatic carbocycles. The number of thioether (sulfide) groups is 1. The zero-order valence-corrected chi connectivity index (χ0v) is 17.8. The van der Waals surface area contributed by atoms with E-state index in [9.17, 15) is 9.59 Å². The van der Waals surface area contributed by atoms with Crippen molar-refractivity contribution in [2.45, 2.75) is 11.9 Å². The van der Waals surface area contributed by atoms with Gasteiger partial charge in [0.15, 0.2) is 11.2 Å². The predicted octanol–water partition coefficient (Wildman–Crippen LogP) is 3.55. The van der Waals surface area contributed by atoms with E-state index in [1.54, 1.807) is 41.1 Å². The molecule has 31 heavy (non-hydrogen) atoms. The number of benzene rings is 2. The van der Waals surface area contributed by atoms with Crippen molar-refractivity contribution < 1.29 is 9.59 Å². The van der Waals surface area contributed by atoms with E-state index in [4.69, 9.17) is 11.6 Å². The molecule has 9 nitrogen and oxygen atoms in total. The monoisotopic (exact) mass is 453 g/mol. The van der Waals surface area contributed by atoms with Gasteiger partial charge in [-0.3, -0.25) is 9.59 Å². The van der Waals surface area contributed by atoms with E-state index in [0.717, 1.165) is 5.69 Å². The van der Waals surface area contributed by atoms with Gasteiger partial charge in [0.1, 0.15) is 11.4 Å². The second-order valence-corrected chi connectivity index (χ2v) is 7.83. The van der Waals surface area contributed by atoms with Gasteiger partial charge in [0, 0.05) is 23.3 Å². The van der Waals surface area contributed by atoms with Crippen molar-refractivity contribution in [1.29, 1.82) is 0 Å². The van der Waals surface area contributed by atoms with Gasteiger partial charge in [-0.2, -0.15) is 4.68 Å². The van der Waals surface area contributed by atoms with Crippen molar-refractivity contribution in [2.24, 2.45) is 0 Å². The first-order valence-electron chi connectivity index (χ1n) is 9.12. The molecule has 0 bridgehead atoms. The summed E-state index contributed by atoms with van der Waals surface area (Å²) in [5.74, 6) is -0.230. The van der Waals surface area contributed by atoms with E-state index in [2.05, 4.69) is 30.9 Å². The van der Waals surface area contributed by atoms with Crippen molar-refractivity contribution >= 4 is 57.7 Å². The van der Waals surface area contributed by atoms with E-state index < -0.39 is 0 Å². The number of halogens is 1. The molecule has 2 amide bonds. The summed E-state index contributed by atoms with van der Waals surface area (Å²) >= 11 is 7.30. The third-order valence-corrected chi connectivity index (χ3v) is 5.30. The molecule has 0 radical (unpaired) electrons. The van der Waals surface area contributed by atoms with Crippen LogP contribution in [0.15, 0.2) is 59.9 Å². The molecule has 0 fully saturated rings. The molecule has 4 rings (SSSR count). The van der Waals surface area contributed by atoms with Gasteiger partial charge >= 0.3 is 0 Å². The molecule has 2 aromatic heterocycles. The van der Waals surface area contributed by atoms with Crippen LogP contribution in [0, 0.1) is 0 Å². The van der Waals surface area contributed by atoms with Crippen LogP contribution in [0.25, 0.3) is 16.9 Å². The van der Waals surface area contributed by atoms with Crippen molar-refractivity contribution in [1.82, 2.24) is 25.0 Å². The minimum atomic E-state index is -0.203. The Hall–Kier alpha value is -3.50. The number of nitrogens with one attached hydrogen (secondary N) is 2. The first-order chi connectivity index (χ1) is 15.0. The highest BCUT2D eigenvalue weighted by Gasteiger charge is 2.15. The lowest BCUT2D eigenvalue weighted by molar-refractivity contribution is -0.114. The Morgan fingerprint density at radius 3 is 2.52 bits per heavy atom. The molecular formula is C20H16ClN7O2S. The highest BCUT2D eigenvalue weighted by molar-refractivity contribution is 8.00. The Morgan fingerprint density at radius 1 is 1.06 bits per heavy atom. The summed E-state index contributed by atoms with van der Waals surface area (Å²) < 4.78 is 1.57. The van der Waals surface area contributed by atoms with Crippen molar-refractivity contribution in [3.63, 3.8) is 0 Å². The molecule has 0 aliphatic rings. The van der Waals surface area contributed by atoms with E-state index in [-0.39, 0.29) is 17.6 Å². The summed E-state index contributed by atoms with van der Waals surface area (Å²) in [5, 5.41) is 14.9. The van der Waals surface area contributed by atoms with Gasteiger partial charge in [-0.1, -0.05) is 34.6 Å². The zero-order valence-electron chi connectivity index (χ0n) is 16.2. The number of rotatable bonds is 6. The fourth-order valence-corrected chi connectivity index (χ4v) is 3.70. The van der Waals surface area contributed by atoms with Crippen LogP contribution in [0.1, 0.15) is 6.92 Å². The van der Waals surface area contributed by atoms with Gasteiger partial charge in [-0.15, -0.1) is 5.10 Å². The zero-order chi connectivity index (χ0) is 21.8. The molecule has 0 atom stereocenters. The molecule has 156 valence electrons. The van der Waals surface area contributed by atoms with Gasteiger partial charge in [-0.25, -0.2) is 9.97 Å². The standard InChI is InChI=1S/C20H16ClN7O2S/c1-12(29)24-14-5-7-15(8-6-14)25-17(30)10-31-20-18-19(22-11-23-20)28(27-26-18)16-4-2-3-13(21)9-16/h2-9,11H,10H2,1H3,(H,24,29)(H,25,30). The first kappa shape index (κ1) is 20.8. The summed E-state index contributed by atoms with van der Waals surface area (Å²) in [7, 11) is 0. The van der Waals surface area contributed by atoms with E-state index in [0.29, 0.717) is 32.6 Å². The van der Waals surface area contributed by atoms with Gasteiger partial charge < -0.3 is 10.6 Å². The summed E-state index contributed by atoms with van der Waals surface area (Å²) in [4.78, 5) is 31.9. The van der Waals surface area contributed by atoms with E-state index >= 15 is 0 Å². The number of amides is 2. The smallest absolute Gasteiger partial charge is 0.234 e. The minimum Gasteiger partial charge on any atom is -0.326 e.